The van der Waals surface area contributed by atoms with Crippen molar-refractivity contribution in [2.75, 3.05) is 5.32 Å². The standard InChI is InChI=1S/C14H9FN2O2/c15-13-5-4-11(7-12(13)14(18)19)17-10-3-1-2-9(6-10)8-16/h1-7,17H,(H,18,19). The summed E-state index contributed by atoms with van der Waals surface area (Å²) in [5.41, 5.74) is 1.14. The predicted molar refractivity (Wildman–Crippen MR) is 67.8 cm³/mol. The molecule has 0 aliphatic rings. The molecule has 94 valence electrons. The van der Waals surface area contributed by atoms with E-state index in [0.29, 0.717) is 16.9 Å². The maximum absolute atomic E-state index is 13.2. The molecule has 2 aromatic carbocycles. The number of nitrogens with zero attached hydrogens (tertiary/aromatic N) is 1. The van der Waals surface area contributed by atoms with Crippen molar-refractivity contribution in [2.24, 2.45) is 0 Å². The molecule has 0 spiro atoms. The van der Waals surface area contributed by atoms with Crippen LogP contribution in [0.4, 0.5) is 15.8 Å². The Kier molecular flexibility index (Phi) is 3.44. The minimum Gasteiger partial charge on any atom is -0.478 e. The molecule has 0 aliphatic carbocycles. The number of benzene rings is 2. The van der Waals surface area contributed by atoms with Crippen LogP contribution in [0, 0.1) is 17.1 Å². The van der Waals surface area contributed by atoms with Gasteiger partial charge in [0.2, 0.25) is 0 Å². The van der Waals surface area contributed by atoms with E-state index < -0.39 is 17.3 Å². The maximum Gasteiger partial charge on any atom is 0.338 e. The first-order chi connectivity index (χ1) is 9.10. The van der Waals surface area contributed by atoms with Gasteiger partial charge in [0.15, 0.2) is 0 Å². The van der Waals surface area contributed by atoms with Crippen LogP contribution in [0.2, 0.25) is 0 Å². The van der Waals surface area contributed by atoms with Crippen molar-refractivity contribution in [1.82, 2.24) is 0 Å². The highest BCUT2D eigenvalue weighted by molar-refractivity contribution is 5.89. The number of aromatic carboxylic acids is 1. The molecule has 19 heavy (non-hydrogen) atoms. The molecule has 0 saturated carbocycles. The maximum atomic E-state index is 13.2. The lowest BCUT2D eigenvalue weighted by Crippen LogP contribution is -2.01. The van der Waals surface area contributed by atoms with Crippen molar-refractivity contribution in [3.63, 3.8) is 0 Å². The number of anilines is 2. The van der Waals surface area contributed by atoms with Gasteiger partial charge >= 0.3 is 5.97 Å². The van der Waals surface area contributed by atoms with Gasteiger partial charge in [-0.1, -0.05) is 6.07 Å². The van der Waals surface area contributed by atoms with E-state index in [1.165, 1.54) is 12.1 Å². The molecule has 0 saturated heterocycles. The van der Waals surface area contributed by atoms with E-state index >= 15 is 0 Å². The average molecular weight is 256 g/mol. The molecule has 0 fully saturated rings. The van der Waals surface area contributed by atoms with Gasteiger partial charge in [-0.05, 0) is 36.4 Å². The molecular weight excluding hydrogens is 247 g/mol. The number of halogens is 1. The third-order valence-corrected chi connectivity index (χ3v) is 2.48. The first-order valence-corrected chi connectivity index (χ1v) is 5.40. The second-order valence-electron chi connectivity index (χ2n) is 3.82. The lowest BCUT2D eigenvalue weighted by atomic mass is 10.1. The molecule has 2 N–H and O–H groups in total. The number of carbonyl (C=O) groups is 1. The number of rotatable bonds is 3. The van der Waals surface area contributed by atoms with Crippen LogP contribution in [0.15, 0.2) is 42.5 Å². The zero-order valence-electron chi connectivity index (χ0n) is 9.72. The monoisotopic (exact) mass is 256 g/mol. The van der Waals surface area contributed by atoms with Crippen molar-refractivity contribution in [2.45, 2.75) is 0 Å². The summed E-state index contributed by atoms with van der Waals surface area (Å²) in [6.45, 7) is 0. The van der Waals surface area contributed by atoms with E-state index in [-0.39, 0.29) is 0 Å². The molecule has 2 rings (SSSR count). The summed E-state index contributed by atoms with van der Waals surface area (Å²) >= 11 is 0. The molecule has 0 aromatic heterocycles. The Labute approximate surface area is 108 Å². The molecular formula is C14H9FN2O2. The van der Waals surface area contributed by atoms with E-state index in [4.69, 9.17) is 10.4 Å². The van der Waals surface area contributed by atoms with Gasteiger partial charge in [-0.25, -0.2) is 9.18 Å². The topological polar surface area (TPSA) is 73.1 Å². The molecule has 0 heterocycles. The quantitative estimate of drug-likeness (QED) is 0.884. The number of hydrogen-bond acceptors (Lipinski definition) is 3. The Morgan fingerprint density at radius 2 is 1.95 bits per heavy atom. The zero-order valence-corrected chi connectivity index (χ0v) is 9.72. The van der Waals surface area contributed by atoms with Crippen molar-refractivity contribution >= 4 is 17.3 Å². The van der Waals surface area contributed by atoms with Crippen LogP contribution in [0.25, 0.3) is 0 Å². The van der Waals surface area contributed by atoms with Gasteiger partial charge in [-0.15, -0.1) is 0 Å². The molecule has 4 nitrogen and oxygen atoms in total. The number of nitrogens with one attached hydrogen (secondary N) is 1. The third kappa shape index (κ3) is 2.87. The summed E-state index contributed by atoms with van der Waals surface area (Å²) in [5.74, 6) is -2.12. The van der Waals surface area contributed by atoms with Crippen LogP contribution >= 0.6 is 0 Å². The minimum atomic E-state index is -1.33. The van der Waals surface area contributed by atoms with E-state index in [1.807, 2.05) is 6.07 Å². The van der Waals surface area contributed by atoms with Crippen molar-refractivity contribution in [3.8, 4) is 6.07 Å². The fraction of sp³-hybridized carbons (Fsp3) is 0. The Hall–Kier alpha value is -2.87. The lowest BCUT2D eigenvalue weighted by molar-refractivity contribution is 0.0692. The molecule has 0 bridgehead atoms. The Bertz CT molecular complexity index is 677. The highest BCUT2D eigenvalue weighted by Crippen LogP contribution is 2.20. The fourth-order valence-electron chi connectivity index (χ4n) is 1.60. The van der Waals surface area contributed by atoms with Crippen molar-refractivity contribution < 1.29 is 14.3 Å². The van der Waals surface area contributed by atoms with Gasteiger partial charge in [0.1, 0.15) is 5.82 Å². The molecule has 5 heteroatoms. The van der Waals surface area contributed by atoms with E-state index in [0.717, 1.165) is 6.07 Å². The van der Waals surface area contributed by atoms with Gasteiger partial charge in [-0.2, -0.15) is 5.26 Å². The summed E-state index contributed by atoms with van der Waals surface area (Å²) in [4.78, 5) is 10.8. The van der Waals surface area contributed by atoms with Crippen LogP contribution < -0.4 is 5.32 Å². The molecule has 0 atom stereocenters. The summed E-state index contributed by atoms with van der Waals surface area (Å²) in [7, 11) is 0. The SMILES string of the molecule is N#Cc1cccc(Nc2ccc(F)c(C(=O)O)c2)c1. The van der Waals surface area contributed by atoms with Crippen molar-refractivity contribution in [3.05, 3.63) is 59.4 Å². The molecule has 0 aliphatic heterocycles. The summed E-state index contributed by atoms with van der Waals surface area (Å²) in [5, 5.41) is 20.5. The average Bonchev–Trinajstić information content (AvgIpc) is 2.41. The number of carboxylic acid groups (broad SMARTS) is 1. The zero-order chi connectivity index (χ0) is 13.8. The molecule has 0 unspecified atom stereocenters. The third-order valence-electron chi connectivity index (χ3n) is 2.48. The van der Waals surface area contributed by atoms with Gasteiger partial charge in [0.05, 0.1) is 17.2 Å². The second kappa shape index (κ2) is 5.19. The summed E-state index contributed by atoms with van der Waals surface area (Å²) in [6.07, 6.45) is 0. The van der Waals surface area contributed by atoms with Crippen LogP contribution in [0.1, 0.15) is 15.9 Å². The number of nitriles is 1. The Balaban J connectivity index is 2.31. The number of carboxylic acids is 1. The molecule has 0 amide bonds. The van der Waals surface area contributed by atoms with Gasteiger partial charge in [0, 0.05) is 11.4 Å². The Morgan fingerprint density at radius 3 is 2.63 bits per heavy atom. The fourth-order valence-corrected chi connectivity index (χ4v) is 1.60. The van der Waals surface area contributed by atoms with E-state index in [1.54, 1.807) is 24.3 Å². The highest BCUT2D eigenvalue weighted by atomic mass is 19.1. The summed E-state index contributed by atoms with van der Waals surface area (Å²) < 4.78 is 13.2. The van der Waals surface area contributed by atoms with Crippen LogP contribution in [-0.2, 0) is 0 Å². The van der Waals surface area contributed by atoms with Gasteiger partial charge < -0.3 is 10.4 Å². The molecule has 0 radical (unpaired) electrons. The Morgan fingerprint density at radius 1 is 1.21 bits per heavy atom. The highest BCUT2D eigenvalue weighted by Gasteiger charge is 2.10. The van der Waals surface area contributed by atoms with Crippen LogP contribution in [-0.4, -0.2) is 11.1 Å². The predicted octanol–water partition coefficient (Wildman–Crippen LogP) is 3.14. The van der Waals surface area contributed by atoms with E-state index in [9.17, 15) is 9.18 Å². The van der Waals surface area contributed by atoms with Crippen LogP contribution in [0.5, 0.6) is 0 Å². The van der Waals surface area contributed by atoms with Crippen LogP contribution in [0.3, 0.4) is 0 Å². The van der Waals surface area contributed by atoms with E-state index in [2.05, 4.69) is 5.32 Å². The second-order valence-corrected chi connectivity index (χ2v) is 3.82. The smallest absolute Gasteiger partial charge is 0.338 e. The summed E-state index contributed by atoms with van der Waals surface area (Å²) in [6, 6.07) is 12.4. The largest absolute Gasteiger partial charge is 0.478 e. The number of hydrogen-bond donors (Lipinski definition) is 2. The first-order valence-electron chi connectivity index (χ1n) is 5.40. The normalized spacial score (nSPS) is 9.68. The molecule has 2 aromatic rings. The van der Waals surface area contributed by atoms with Gasteiger partial charge in [-0.3, -0.25) is 0 Å². The van der Waals surface area contributed by atoms with Crippen molar-refractivity contribution in [1.29, 1.82) is 5.26 Å². The van der Waals surface area contributed by atoms with Gasteiger partial charge in [0.25, 0.3) is 0 Å². The lowest BCUT2D eigenvalue weighted by Gasteiger charge is -2.08. The minimum absolute atomic E-state index is 0.401. The first kappa shape index (κ1) is 12.6.